The lowest BCUT2D eigenvalue weighted by Crippen LogP contribution is -1.91. The van der Waals surface area contributed by atoms with Crippen molar-refractivity contribution in [2.45, 2.75) is 6.92 Å². The van der Waals surface area contributed by atoms with Crippen LogP contribution in [0.2, 0.25) is 5.02 Å². The van der Waals surface area contributed by atoms with Gasteiger partial charge >= 0.3 is 0 Å². The summed E-state index contributed by atoms with van der Waals surface area (Å²) in [6.07, 6.45) is 2.20. The van der Waals surface area contributed by atoms with Crippen molar-refractivity contribution in [1.29, 1.82) is 0 Å². The zero-order valence-electron chi connectivity index (χ0n) is 9.18. The van der Waals surface area contributed by atoms with Gasteiger partial charge in [0.15, 0.2) is 6.29 Å². The summed E-state index contributed by atoms with van der Waals surface area (Å²) in [4.78, 5) is 14.5. The van der Waals surface area contributed by atoms with E-state index in [4.69, 9.17) is 16.3 Å². The monoisotopic (exact) mass is 247 g/mol. The second kappa shape index (κ2) is 4.97. The lowest BCUT2D eigenvalue weighted by atomic mass is 10.2. The predicted octanol–water partition coefficient (Wildman–Crippen LogP) is 3.65. The molecule has 3 nitrogen and oxygen atoms in total. The maximum Gasteiger partial charge on any atom is 0.219 e. The van der Waals surface area contributed by atoms with Crippen molar-refractivity contribution in [3.05, 3.63) is 52.7 Å². The Balaban J connectivity index is 2.24. The van der Waals surface area contributed by atoms with Gasteiger partial charge in [-0.3, -0.25) is 4.79 Å². The smallest absolute Gasteiger partial charge is 0.219 e. The number of hydrogen-bond acceptors (Lipinski definition) is 3. The molecule has 0 saturated carbocycles. The van der Waals surface area contributed by atoms with Crippen LogP contribution in [0, 0.1) is 6.92 Å². The quantitative estimate of drug-likeness (QED) is 0.777. The molecule has 17 heavy (non-hydrogen) atoms. The minimum atomic E-state index is 0.431. The molecule has 1 aromatic carbocycles. The number of aryl methyl sites for hydroxylation is 1. The summed E-state index contributed by atoms with van der Waals surface area (Å²) in [6.45, 7) is 1.92. The van der Waals surface area contributed by atoms with E-state index in [1.165, 1.54) is 6.20 Å². The molecule has 2 rings (SSSR count). The summed E-state index contributed by atoms with van der Waals surface area (Å²) >= 11 is 5.88. The van der Waals surface area contributed by atoms with E-state index in [0.717, 1.165) is 11.8 Å². The fourth-order valence-corrected chi connectivity index (χ4v) is 1.48. The topological polar surface area (TPSA) is 39.2 Å². The molecule has 0 spiro atoms. The van der Waals surface area contributed by atoms with E-state index in [2.05, 4.69) is 4.98 Å². The molecule has 2 aromatic rings. The van der Waals surface area contributed by atoms with E-state index in [1.807, 2.05) is 13.0 Å². The lowest BCUT2D eigenvalue weighted by Gasteiger charge is -2.07. The summed E-state index contributed by atoms with van der Waals surface area (Å²) in [5.41, 5.74) is 1.48. The van der Waals surface area contributed by atoms with Crippen molar-refractivity contribution in [1.82, 2.24) is 4.98 Å². The Morgan fingerprint density at radius 2 is 2.12 bits per heavy atom. The molecular weight excluding hydrogens is 238 g/mol. The molecule has 0 saturated heterocycles. The first-order valence-electron chi connectivity index (χ1n) is 5.04. The van der Waals surface area contributed by atoms with Crippen LogP contribution in [0.4, 0.5) is 0 Å². The molecule has 1 heterocycles. The number of halogens is 1. The van der Waals surface area contributed by atoms with Gasteiger partial charge in [-0.05, 0) is 30.7 Å². The van der Waals surface area contributed by atoms with E-state index in [-0.39, 0.29) is 0 Å². The Morgan fingerprint density at radius 3 is 2.76 bits per heavy atom. The number of hydrogen-bond donors (Lipinski definition) is 0. The molecule has 0 aliphatic heterocycles. The van der Waals surface area contributed by atoms with E-state index in [0.29, 0.717) is 22.2 Å². The average molecular weight is 248 g/mol. The summed E-state index contributed by atoms with van der Waals surface area (Å²) in [7, 11) is 0. The van der Waals surface area contributed by atoms with Crippen molar-refractivity contribution in [3.63, 3.8) is 0 Å². The third kappa shape index (κ3) is 2.82. The first-order valence-corrected chi connectivity index (χ1v) is 5.42. The highest BCUT2D eigenvalue weighted by Gasteiger charge is 2.03. The Labute approximate surface area is 104 Å². The van der Waals surface area contributed by atoms with Gasteiger partial charge in [0.1, 0.15) is 5.75 Å². The standard InChI is InChI=1S/C13H10ClNO2/c1-9-2-4-11(14)6-12(9)17-13-5-3-10(8-16)7-15-13/h2-8H,1H3. The second-order valence-corrected chi connectivity index (χ2v) is 4.00. The van der Waals surface area contributed by atoms with E-state index < -0.39 is 0 Å². The van der Waals surface area contributed by atoms with E-state index >= 15 is 0 Å². The highest BCUT2D eigenvalue weighted by atomic mass is 35.5. The van der Waals surface area contributed by atoms with Gasteiger partial charge in [0.25, 0.3) is 0 Å². The molecule has 0 aliphatic carbocycles. The molecule has 0 atom stereocenters. The van der Waals surface area contributed by atoms with Crippen LogP contribution in [0.15, 0.2) is 36.5 Å². The summed E-state index contributed by atoms with van der Waals surface area (Å²) < 4.78 is 5.58. The van der Waals surface area contributed by atoms with Crippen LogP contribution in [-0.4, -0.2) is 11.3 Å². The van der Waals surface area contributed by atoms with Crippen LogP contribution in [0.25, 0.3) is 0 Å². The number of nitrogens with zero attached hydrogens (tertiary/aromatic N) is 1. The highest BCUT2D eigenvalue weighted by Crippen LogP contribution is 2.26. The number of benzene rings is 1. The van der Waals surface area contributed by atoms with E-state index in [1.54, 1.807) is 24.3 Å². The van der Waals surface area contributed by atoms with Crippen LogP contribution >= 0.6 is 11.6 Å². The van der Waals surface area contributed by atoms with Gasteiger partial charge in [-0.25, -0.2) is 4.98 Å². The van der Waals surface area contributed by atoms with Gasteiger partial charge in [0.05, 0.1) is 0 Å². The number of aldehydes is 1. The second-order valence-electron chi connectivity index (χ2n) is 3.56. The number of pyridine rings is 1. The molecule has 1 aromatic heterocycles. The Kier molecular flexibility index (Phi) is 3.40. The molecule has 0 N–H and O–H groups in total. The molecule has 0 aliphatic rings. The lowest BCUT2D eigenvalue weighted by molar-refractivity contribution is 0.112. The zero-order chi connectivity index (χ0) is 12.3. The summed E-state index contributed by atoms with van der Waals surface area (Å²) in [5.74, 6) is 1.09. The number of carbonyl (C=O) groups excluding carboxylic acids is 1. The fourth-order valence-electron chi connectivity index (χ4n) is 1.32. The summed E-state index contributed by atoms with van der Waals surface area (Å²) in [6, 6.07) is 8.69. The molecule has 86 valence electrons. The number of ether oxygens (including phenoxy) is 1. The first-order chi connectivity index (χ1) is 8.19. The Bertz CT molecular complexity index is 538. The normalized spacial score (nSPS) is 10.0. The van der Waals surface area contributed by atoms with Crippen molar-refractivity contribution < 1.29 is 9.53 Å². The SMILES string of the molecule is Cc1ccc(Cl)cc1Oc1ccc(C=O)cn1. The van der Waals surface area contributed by atoms with Crippen LogP contribution < -0.4 is 4.74 Å². The maximum absolute atomic E-state index is 10.5. The molecule has 0 unspecified atom stereocenters. The molecule has 0 fully saturated rings. The molecule has 0 amide bonds. The van der Waals surface area contributed by atoms with Crippen molar-refractivity contribution in [2.24, 2.45) is 0 Å². The predicted molar refractivity (Wildman–Crippen MR) is 65.9 cm³/mol. The van der Waals surface area contributed by atoms with Gasteiger partial charge in [-0.2, -0.15) is 0 Å². The van der Waals surface area contributed by atoms with Gasteiger partial charge in [0.2, 0.25) is 5.88 Å². The average Bonchev–Trinajstić information content (AvgIpc) is 2.35. The number of rotatable bonds is 3. The molecule has 0 bridgehead atoms. The fraction of sp³-hybridized carbons (Fsp3) is 0.0769. The molecular formula is C13H10ClNO2. The summed E-state index contributed by atoms with van der Waals surface area (Å²) in [5, 5.41) is 0.607. The third-order valence-electron chi connectivity index (χ3n) is 2.26. The third-order valence-corrected chi connectivity index (χ3v) is 2.50. The first kappa shape index (κ1) is 11.6. The van der Waals surface area contributed by atoms with Crippen LogP contribution in [0.3, 0.4) is 0 Å². The van der Waals surface area contributed by atoms with Crippen molar-refractivity contribution in [3.8, 4) is 11.6 Å². The number of carbonyl (C=O) groups is 1. The highest BCUT2D eigenvalue weighted by molar-refractivity contribution is 6.30. The minimum Gasteiger partial charge on any atom is -0.439 e. The zero-order valence-corrected chi connectivity index (χ0v) is 9.94. The largest absolute Gasteiger partial charge is 0.439 e. The van der Waals surface area contributed by atoms with Gasteiger partial charge in [0, 0.05) is 22.8 Å². The van der Waals surface area contributed by atoms with Gasteiger partial charge < -0.3 is 4.74 Å². The van der Waals surface area contributed by atoms with Crippen LogP contribution in [0.5, 0.6) is 11.6 Å². The molecule has 0 radical (unpaired) electrons. The Hall–Kier alpha value is -1.87. The Morgan fingerprint density at radius 1 is 1.29 bits per heavy atom. The van der Waals surface area contributed by atoms with Gasteiger partial charge in [-0.1, -0.05) is 17.7 Å². The van der Waals surface area contributed by atoms with Crippen molar-refractivity contribution >= 4 is 17.9 Å². The maximum atomic E-state index is 10.5. The molecule has 4 heteroatoms. The van der Waals surface area contributed by atoms with Crippen LogP contribution in [0.1, 0.15) is 15.9 Å². The van der Waals surface area contributed by atoms with Crippen molar-refractivity contribution in [2.75, 3.05) is 0 Å². The van der Waals surface area contributed by atoms with E-state index in [9.17, 15) is 4.79 Å². The number of aromatic nitrogens is 1. The van der Waals surface area contributed by atoms with Crippen LogP contribution in [-0.2, 0) is 0 Å². The van der Waals surface area contributed by atoms with Gasteiger partial charge in [-0.15, -0.1) is 0 Å². The minimum absolute atomic E-state index is 0.431.